The Morgan fingerprint density at radius 3 is 2.71 bits per heavy atom. The molecule has 5 rings (SSSR count). The number of ether oxygens (including phenoxy) is 1. The van der Waals surface area contributed by atoms with Crippen molar-refractivity contribution >= 4 is 11.6 Å². The Labute approximate surface area is 144 Å². The molecule has 5 aliphatic rings. The quantitative estimate of drug-likeness (QED) is 0.687. The van der Waals surface area contributed by atoms with Crippen LogP contribution >= 0.6 is 0 Å². The van der Waals surface area contributed by atoms with Gasteiger partial charge in [0.25, 0.3) is 0 Å². The summed E-state index contributed by atoms with van der Waals surface area (Å²) in [5.41, 5.74) is 1.22. The van der Waals surface area contributed by atoms with E-state index in [1.165, 1.54) is 18.4 Å². The maximum absolute atomic E-state index is 12.4. The lowest BCUT2D eigenvalue weighted by atomic mass is 9.46. The van der Waals surface area contributed by atoms with Gasteiger partial charge in [0, 0.05) is 11.8 Å². The van der Waals surface area contributed by atoms with Gasteiger partial charge in [0.2, 0.25) is 0 Å². The molecule has 1 aliphatic heterocycles. The summed E-state index contributed by atoms with van der Waals surface area (Å²) in [4.78, 5) is 24.3. The van der Waals surface area contributed by atoms with Crippen LogP contribution < -0.4 is 0 Å². The van der Waals surface area contributed by atoms with Crippen molar-refractivity contribution in [2.75, 3.05) is 0 Å². The molecule has 1 saturated heterocycles. The van der Waals surface area contributed by atoms with E-state index in [1.807, 2.05) is 6.08 Å². The van der Waals surface area contributed by atoms with E-state index in [-0.39, 0.29) is 22.7 Å². The number of allylic oxidation sites excluding steroid dienone is 1. The summed E-state index contributed by atoms with van der Waals surface area (Å²) in [6.45, 7) is 6.48. The number of carbonyl (C=O) groups excluding carboxylic acids is 2. The molecule has 0 aromatic rings. The second-order valence-electron chi connectivity index (χ2n) is 9.56. The summed E-state index contributed by atoms with van der Waals surface area (Å²) in [5.74, 6) is 2.58. The van der Waals surface area contributed by atoms with Crippen molar-refractivity contribution in [1.29, 1.82) is 0 Å². The minimum absolute atomic E-state index is 0.0345. The zero-order valence-corrected chi connectivity index (χ0v) is 15.1. The van der Waals surface area contributed by atoms with Crippen LogP contribution in [0.2, 0.25) is 0 Å². The van der Waals surface area contributed by atoms with Crippen molar-refractivity contribution in [1.82, 2.24) is 0 Å². The van der Waals surface area contributed by atoms with Crippen LogP contribution in [0, 0.1) is 28.6 Å². The van der Waals surface area contributed by atoms with E-state index in [0.29, 0.717) is 30.0 Å². The molecule has 3 saturated carbocycles. The Kier molecular flexibility index (Phi) is 2.81. The third-order valence-electron chi connectivity index (χ3n) is 8.92. The summed E-state index contributed by atoms with van der Waals surface area (Å²) in [6.07, 6.45) is 9.53. The Balaban J connectivity index is 1.52. The van der Waals surface area contributed by atoms with E-state index in [2.05, 4.69) is 13.8 Å². The lowest BCUT2D eigenvalue weighted by Crippen LogP contribution is -2.54. The number of rotatable bonds is 1. The van der Waals surface area contributed by atoms with E-state index in [0.717, 1.165) is 25.7 Å². The van der Waals surface area contributed by atoms with Gasteiger partial charge in [-0.05, 0) is 74.7 Å². The summed E-state index contributed by atoms with van der Waals surface area (Å²) in [6, 6.07) is 0. The van der Waals surface area contributed by atoms with Gasteiger partial charge < -0.3 is 4.74 Å². The highest BCUT2D eigenvalue weighted by Crippen LogP contribution is 2.73. The number of Topliss-reactive ketones (excluding diaryl/α,β-unsaturated/α-hetero) is 1. The topological polar surface area (TPSA) is 46.7 Å². The molecule has 3 heteroatoms. The fourth-order valence-corrected chi connectivity index (χ4v) is 7.62. The fourth-order valence-electron chi connectivity index (χ4n) is 7.62. The lowest BCUT2D eigenvalue weighted by molar-refractivity contribution is -0.136. The third-order valence-corrected chi connectivity index (χ3v) is 8.92. The van der Waals surface area contributed by atoms with Crippen molar-refractivity contribution in [2.45, 2.75) is 77.4 Å². The average molecular weight is 328 g/mol. The highest BCUT2D eigenvalue weighted by molar-refractivity contribution is 5.92. The van der Waals surface area contributed by atoms with Gasteiger partial charge in [-0.2, -0.15) is 0 Å². The largest absolute Gasteiger partial charge is 0.357 e. The SMILES string of the molecule is CC(=O)[C@]12O[C@H]1C[C@@H]1[C@@H]3CCC4=CC(=O)CC[C@]4(C)[C@H]3CC[C@]12C. The molecular formula is C21H28O3. The van der Waals surface area contributed by atoms with Crippen LogP contribution in [-0.4, -0.2) is 23.3 Å². The second kappa shape index (κ2) is 4.41. The first kappa shape index (κ1) is 15.3. The monoisotopic (exact) mass is 328 g/mol. The van der Waals surface area contributed by atoms with Crippen LogP contribution in [0.1, 0.15) is 65.7 Å². The first-order valence-corrected chi connectivity index (χ1v) is 9.76. The van der Waals surface area contributed by atoms with Crippen LogP contribution in [0.25, 0.3) is 0 Å². The molecule has 130 valence electrons. The maximum atomic E-state index is 12.4. The van der Waals surface area contributed by atoms with E-state index >= 15 is 0 Å². The molecule has 0 radical (unpaired) electrons. The lowest BCUT2D eigenvalue weighted by Gasteiger charge is -2.58. The van der Waals surface area contributed by atoms with E-state index < -0.39 is 5.60 Å². The van der Waals surface area contributed by atoms with Gasteiger partial charge in [-0.15, -0.1) is 0 Å². The molecule has 0 spiro atoms. The van der Waals surface area contributed by atoms with Crippen LogP contribution in [0.15, 0.2) is 11.6 Å². The van der Waals surface area contributed by atoms with Crippen molar-refractivity contribution in [3.05, 3.63) is 11.6 Å². The van der Waals surface area contributed by atoms with Crippen molar-refractivity contribution < 1.29 is 14.3 Å². The third kappa shape index (κ3) is 1.54. The van der Waals surface area contributed by atoms with Gasteiger partial charge in [-0.1, -0.05) is 19.4 Å². The van der Waals surface area contributed by atoms with Crippen molar-refractivity contribution in [3.8, 4) is 0 Å². The van der Waals surface area contributed by atoms with Crippen molar-refractivity contribution in [3.63, 3.8) is 0 Å². The highest BCUT2D eigenvalue weighted by atomic mass is 16.6. The molecule has 4 fully saturated rings. The summed E-state index contributed by atoms with van der Waals surface area (Å²) in [5, 5.41) is 0. The number of ketones is 2. The van der Waals surface area contributed by atoms with Gasteiger partial charge >= 0.3 is 0 Å². The molecule has 0 unspecified atom stereocenters. The summed E-state index contributed by atoms with van der Waals surface area (Å²) in [7, 11) is 0. The Bertz CT molecular complexity index is 679. The minimum Gasteiger partial charge on any atom is -0.357 e. The summed E-state index contributed by atoms with van der Waals surface area (Å²) < 4.78 is 5.99. The number of epoxide rings is 1. The Hall–Kier alpha value is -0.960. The van der Waals surface area contributed by atoms with Gasteiger partial charge in [0.1, 0.15) is 0 Å². The smallest absolute Gasteiger partial charge is 0.164 e. The van der Waals surface area contributed by atoms with Gasteiger partial charge in [-0.25, -0.2) is 0 Å². The predicted molar refractivity (Wildman–Crippen MR) is 90.4 cm³/mol. The van der Waals surface area contributed by atoms with Crippen LogP contribution in [0.4, 0.5) is 0 Å². The molecule has 0 amide bonds. The number of fused-ring (bicyclic) bond motifs is 7. The molecule has 0 N–H and O–H groups in total. The maximum Gasteiger partial charge on any atom is 0.164 e. The van der Waals surface area contributed by atoms with E-state index in [9.17, 15) is 9.59 Å². The number of carbonyl (C=O) groups is 2. The van der Waals surface area contributed by atoms with Crippen LogP contribution in [0.5, 0.6) is 0 Å². The average Bonchev–Trinajstić information content (AvgIpc) is 3.21. The Morgan fingerprint density at radius 2 is 1.96 bits per heavy atom. The number of hydrogen-bond donors (Lipinski definition) is 0. The van der Waals surface area contributed by atoms with Gasteiger partial charge in [-0.3, -0.25) is 9.59 Å². The summed E-state index contributed by atoms with van der Waals surface area (Å²) >= 11 is 0. The molecular weight excluding hydrogens is 300 g/mol. The van der Waals surface area contributed by atoms with Gasteiger partial charge in [0.15, 0.2) is 17.2 Å². The van der Waals surface area contributed by atoms with Crippen LogP contribution in [-0.2, 0) is 14.3 Å². The first-order chi connectivity index (χ1) is 11.3. The minimum atomic E-state index is -0.456. The van der Waals surface area contributed by atoms with Crippen molar-refractivity contribution in [2.24, 2.45) is 28.6 Å². The molecule has 1 heterocycles. The molecule has 0 aromatic heterocycles. The molecule has 0 bridgehead atoms. The zero-order chi connectivity index (χ0) is 16.9. The normalized spacial score (nSPS) is 55.0. The molecule has 7 atom stereocenters. The zero-order valence-electron chi connectivity index (χ0n) is 15.1. The standard InChI is InChI=1S/C21H28O3/c1-12(22)21-18(24-21)11-17-15-5-4-13-10-14(23)6-8-19(13,2)16(15)7-9-20(17,21)3/h10,15-18H,4-9,11H2,1-3H3/t15-,16+,17-,18+,19+,20-,21+/m1/s1. The molecule has 3 nitrogen and oxygen atoms in total. The second-order valence-corrected chi connectivity index (χ2v) is 9.56. The first-order valence-electron chi connectivity index (χ1n) is 9.76. The number of hydrogen-bond acceptors (Lipinski definition) is 3. The van der Waals surface area contributed by atoms with Crippen LogP contribution in [0.3, 0.4) is 0 Å². The fraction of sp³-hybridized carbons (Fsp3) is 0.810. The molecule has 0 aromatic carbocycles. The molecule has 4 aliphatic carbocycles. The van der Waals surface area contributed by atoms with E-state index in [4.69, 9.17) is 4.74 Å². The molecule has 24 heavy (non-hydrogen) atoms. The Morgan fingerprint density at radius 1 is 1.17 bits per heavy atom. The van der Waals surface area contributed by atoms with Gasteiger partial charge in [0.05, 0.1) is 6.10 Å². The highest BCUT2D eigenvalue weighted by Gasteiger charge is 2.79. The van der Waals surface area contributed by atoms with E-state index in [1.54, 1.807) is 6.92 Å². The predicted octanol–water partition coefficient (Wildman–Crippen LogP) is 3.85.